The van der Waals surface area contributed by atoms with Crippen LogP contribution >= 0.6 is 0 Å². The van der Waals surface area contributed by atoms with E-state index in [1.54, 1.807) is 0 Å². The Morgan fingerprint density at radius 3 is 2.72 bits per heavy atom. The van der Waals surface area contributed by atoms with Crippen LogP contribution in [0.1, 0.15) is 24.5 Å². The minimum Gasteiger partial charge on any atom is -0.309 e. The predicted molar refractivity (Wildman–Crippen MR) is 99.0 cm³/mol. The number of amides is 1. The van der Waals surface area contributed by atoms with E-state index in [2.05, 4.69) is 18.1 Å². The first-order valence-corrected chi connectivity index (χ1v) is 8.71. The van der Waals surface area contributed by atoms with Crippen LogP contribution < -0.4 is 4.90 Å². The van der Waals surface area contributed by atoms with Gasteiger partial charge in [-0.15, -0.1) is 0 Å². The van der Waals surface area contributed by atoms with E-state index in [9.17, 15) is 4.79 Å². The van der Waals surface area contributed by atoms with E-state index in [1.165, 1.54) is 5.56 Å². The highest BCUT2D eigenvalue weighted by Crippen LogP contribution is 2.32. The van der Waals surface area contributed by atoms with Crippen LogP contribution in [-0.4, -0.2) is 21.7 Å². The average molecular weight is 331 g/mol. The molecule has 0 saturated heterocycles. The summed E-state index contributed by atoms with van der Waals surface area (Å²) in [5.41, 5.74) is 4.44. The Kier molecular flexibility index (Phi) is 4.10. The summed E-state index contributed by atoms with van der Waals surface area (Å²) in [7, 11) is 0. The highest BCUT2D eigenvalue weighted by molar-refractivity contribution is 5.96. The third kappa shape index (κ3) is 3.07. The van der Waals surface area contributed by atoms with Gasteiger partial charge in [-0.3, -0.25) is 4.79 Å². The minimum atomic E-state index is 0.185. The number of hydrogen-bond donors (Lipinski definition) is 0. The van der Waals surface area contributed by atoms with E-state index >= 15 is 0 Å². The topological polar surface area (TPSA) is 38.1 Å². The van der Waals surface area contributed by atoms with Crippen molar-refractivity contribution >= 4 is 11.6 Å². The molecule has 4 nitrogen and oxygen atoms in total. The van der Waals surface area contributed by atoms with Crippen molar-refractivity contribution in [2.75, 3.05) is 4.90 Å². The van der Waals surface area contributed by atoms with Gasteiger partial charge in [0, 0.05) is 24.3 Å². The van der Waals surface area contributed by atoms with Crippen molar-refractivity contribution in [3.05, 3.63) is 78.1 Å². The molecular weight excluding hydrogens is 310 g/mol. The highest BCUT2D eigenvalue weighted by Gasteiger charge is 2.30. The van der Waals surface area contributed by atoms with Crippen molar-refractivity contribution in [3.63, 3.8) is 0 Å². The van der Waals surface area contributed by atoms with Crippen LogP contribution in [0.2, 0.25) is 0 Å². The molecule has 0 bridgehead atoms. The van der Waals surface area contributed by atoms with Gasteiger partial charge in [0.1, 0.15) is 0 Å². The maximum absolute atomic E-state index is 12.8. The standard InChI is InChI=1S/C21H21N3O/c1-16-13-18-7-5-6-10-20(18)24(16)21(25)12-11-17-14-22-23(15-17)19-8-3-2-4-9-19/h2-10,14-16H,11-13H2,1H3. The third-order valence-corrected chi connectivity index (χ3v) is 4.76. The van der Waals surface area contributed by atoms with Gasteiger partial charge < -0.3 is 4.90 Å². The second-order valence-corrected chi connectivity index (χ2v) is 6.57. The lowest BCUT2D eigenvalue weighted by Crippen LogP contribution is -2.35. The highest BCUT2D eigenvalue weighted by atomic mass is 16.2. The van der Waals surface area contributed by atoms with Gasteiger partial charge in [-0.05, 0) is 49.1 Å². The van der Waals surface area contributed by atoms with E-state index in [1.807, 2.05) is 70.5 Å². The summed E-state index contributed by atoms with van der Waals surface area (Å²) in [6.45, 7) is 2.12. The van der Waals surface area contributed by atoms with Gasteiger partial charge in [-0.25, -0.2) is 4.68 Å². The maximum Gasteiger partial charge on any atom is 0.227 e. The Morgan fingerprint density at radius 1 is 1.12 bits per heavy atom. The number of benzene rings is 2. The van der Waals surface area contributed by atoms with Crippen LogP contribution in [0.4, 0.5) is 5.69 Å². The first-order chi connectivity index (χ1) is 12.2. The summed E-state index contributed by atoms with van der Waals surface area (Å²) in [5, 5.41) is 4.40. The summed E-state index contributed by atoms with van der Waals surface area (Å²) < 4.78 is 1.85. The fraction of sp³-hybridized carbons (Fsp3) is 0.238. The Labute approximate surface area is 147 Å². The largest absolute Gasteiger partial charge is 0.309 e. The molecule has 0 N–H and O–H groups in total. The first-order valence-electron chi connectivity index (χ1n) is 8.71. The van der Waals surface area contributed by atoms with Crippen molar-refractivity contribution < 1.29 is 4.79 Å². The quantitative estimate of drug-likeness (QED) is 0.730. The molecule has 0 aliphatic carbocycles. The summed E-state index contributed by atoms with van der Waals surface area (Å²) in [6.07, 6.45) is 6.00. The molecule has 1 aliphatic rings. The minimum absolute atomic E-state index is 0.185. The molecule has 1 aromatic heterocycles. The Hall–Kier alpha value is -2.88. The van der Waals surface area contributed by atoms with Crippen molar-refractivity contribution in [2.24, 2.45) is 0 Å². The van der Waals surface area contributed by atoms with Crippen molar-refractivity contribution in [1.29, 1.82) is 0 Å². The van der Waals surface area contributed by atoms with Crippen molar-refractivity contribution in [3.8, 4) is 5.69 Å². The molecule has 0 radical (unpaired) electrons. The lowest BCUT2D eigenvalue weighted by molar-refractivity contribution is -0.118. The molecule has 0 spiro atoms. The van der Waals surface area contributed by atoms with Gasteiger partial charge in [0.2, 0.25) is 5.91 Å². The number of aromatic nitrogens is 2. The maximum atomic E-state index is 12.8. The summed E-state index contributed by atoms with van der Waals surface area (Å²) in [4.78, 5) is 14.7. The SMILES string of the molecule is CC1Cc2ccccc2N1C(=O)CCc1cnn(-c2ccccc2)c1. The number of para-hydroxylation sites is 2. The second kappa shape index (κ2) is 6.55. The lowest BCUT2D eigenvalue weighted by Gasteiger charge is -2.22. The van der Waals surface area contributed by atoms with Crippen molar-refractivity contribution in [1.82, 2.24) is 9.78 Å². The Morgan fingerprint density at radius 2 is 1.88 bits per heavy atom. The molecule has 1 unspecified atom stereocenters. The first kappa shape index (κ1) is 15.6. The number of hydrogen-bond acceptors (Lipinski definition) is 2. The van der Waals surface area contributed by atoms with Gasteiger partial charge in [0.25, 0.3) is 0 Å². The molecule has 25 heavy (non-hydrogen) atoms. The second-order valence-electron chi connectivity index (χ2n) is 6.57. The Balaban J connectivity index is 1.44. The molecule has 2 aromatic carbocycles. The monoisotopic (exact) mass is 331 g/mol. The molecule has 2 heterocycles. The van der Waals surface area contributed by atoms with Crippen LogP contribution in [0.25, 0.3) is 5.69 Å². The van der Waals surface area contributed by atoms with Crippen LogP contribution in [0.15, 0.2) is 67.0 Å². The molecular formula is C21H21N3O. The summed E-state index contributed by atoms with van der Waals surface area (Å²) in [6, 6.07) is 18.4. The van der Waals surface area contributed by atoms with Gasteiger partial charge in [-0.1, -0.05) is 36.4 Å². The number of nitrogens with zero attached hydrogens (tertiary/aromatic N) is 3. The Bertz CT molecular complexity index is 885. The molecule has 1 atom stereocenters. The van der Waals surface area contributed by atoms with E-state index < -0.39 is 0 Å². The molecule has 1 amide bonds. The molecule has 0 fully saturated rings. The van der Waals surface area contributed by atoms with Gasteiger partial charge >= 0.3 is 0 Å². The number of anilines is 1. The lowest BCUT2D eigenvalue weighted by atomic mass is 10.1. The molecule has 126 valence electrons. The smallest absolute Gasteiger partial charge is 0.227 e. The molecule has 3 aromatic rings. The van der Waals surface area contributed by atoms with E-state index in [0.717, 1.165) is 23.4 Å². The third-order valence-electron chi connectivity index (χ3n) is 4.76. The van der Waals surface area contributed by atoms with E-state index in [-0.39, 0.29) is 11.9 Å². The zero-order valence-corrected chi connectivity index (χ0v) is 14.3. The number of fused-ring (bicyclic) bond motifs is 1. The van der Waals surface area contributed by atoms with E-state index in [0.29, 0.717) is 12.8 Å². The van der Waals surface area contributed by atoms with Crippen LogP contribution in [-0.2, 0) is 17.6 Å². The number of rotatable bonds is 4. The fourth-order valence-corrected chi connectivity index (χ4v) is 3.53. The van der Waals surface area contributed by atoms with E-state index in [4.69, 9.17) is 0 Å². The fourth-order valence-electron chi connectivity index (χ4n) is 3.53. The predicted octanol–water partition coefficient (Wildman–Crippen LogP) is 3.78. The summed E-state index contributed by atoms with van der Waals surface area (Å²) >= 11 is 0. The van der Waals surface area contributed by atoms with Gasteiger partial charge in [0.05, 0.1) is 11.9 Å². The van der Waals surface area contributed by atoms with Crippen LogP contribution in [0, 0.1) is 0 Å². The molecule has 1 aliphatic heterocycles. The summed E-state index contributed by atoms with van der Waals surface area (Å²) in [5.74, 6) is 0.185. The van der Waals surface area contributed by atoms with Crippen LogP contribution in [0.3, 0.4) is 0 Å². The normalized spacial score (nSPS) is 16.0. The number of carbonyl (C=O) groups excluding carboxylic acids is 1. The molecule has 4 heteroatoms. The number of aryl methyl sites for hydroxylation is 1. The zero-order valence-electron chi connectivity index (χ0n) is 14.3. The van der Waals surface area contributed by atoms with Gasteiger partial charge in [-0.2, -0.15) is 5.10 Å². The van der Waals surface area contributed by atoms with Gasteiger partial charge in [0.15, 0.2) is 0 Å². The molecule has 4 rings (SSSR count). The molecule has 0 saturated carbocycles. The van der Waals surface area contributed by atoms with Crippen LogP contribution in [0.5, 0.6) is 0 Å². The van der Waals surface area contributed by atoms with Crippen molar-refractivity contribution in [2.45, 2.75) is 32.2 Å². The number of carbonyl (C=O) groups is 1. The zero-order chi connectivity index (χ0) is 17.2. The average Bonchev–Trinajstić information content (AvgIpc) is 3.24.